The summed E-state index contributed by atoms with van der Waals surface area (Å²) in [5.41, 5.74) is 2.44. The Bertz CT molecular complexity index is 659. The fourth-order valence-corrected chi connectivity index (χ4v) is 2.11. The predicted octanol–water partition coefficient (Wildman–Crippen LogP) is 3.97. The van der Waals surface area contributed by atoms with Crippen molar-refractivity contribution in [1.29, 1.82) is 0 Å². The quantitative estimate of drug-likeness (QED) is 0.848. The molecule has 0 saturated carbocycles. The zero-order chi connectivity index (χ0) is 15.9. The van der Waals surface area contributed by atoms with Gasteiger partial charge in [-0.1, -0.05) is 25.1 Å². The summed E-state index contributed by atoms with van der Waals surface area (Å²) in [6.07, 6.45) is 1.14. The van der Waals surface area contributed by atoms with E-state index in [1.54, 1.807) is 0 Å². The highest BCUT2D eigenvalue weighted by Crippen LogP contribution is 2.16. The molecule has 22 heavy (non-hydrogen) atoms. The normalized spacial score (nSPS) is 10.3. The first kappa shape index (κ1) is 15.9. The van der Waals surface area contributed by atoms with Gasteiger partial charge in [-0.2, -0.15) is 0 Å². The molecule has 0 bridgehead atoms. The molecule has 0 aliphatic carbocycles. The summed E-state index contributed by atoms with van der Waals surface area (Å²) in [5, 5.41) is 5.75. The van der Waals surface area contributed by atoms with Crippen LogP contribution in [0.2, 0.25) is 0 Å². The number of carbonyl (C=O) groups is 1. The molecule has 0 aromatic heterocycles. The van der Waals surface area contributed by atoms with Crippen LogP contribution in [0.15, 0.2) is 42.5 Å². The van der Waals surface area contributed by atoms with Crippen molar-refractivity contribution in [3.8, 4) is 0 Å². The second-order valence-electron chi connectivity index (χ2n) is 4.86. The zero-order valence-corrected chi connectivity index (χ0v) is 12.3. The SMILES string of the molecule is CCc1ccccc1NCCC(=O)Nc1ccc(F)c(F)c1. The Balaban J connectivity index is 1.84. The van der Waals surface area contributed by atoms with E-state index < -0.39 is 11.6 Å². The van der Waals surface area contributed by atoms with Gasteiger partial charge in [0, 0.05) is 30.4 Å². The minimum absolute atomic E-state index is 0.233. The van der Waals surface area contributed by atoms with Crippen molar-refractivity contribution in [3.63, 3.8) is 0 Å². The Morgan fingerprint density at radius 2 is 1.86 bits per heavy atom. The van der Waals surface area contributed by atoms with E-state index in [0.717, 1.165) is 24.2 Å². The number of hydrogen-bond acceptors (Lipinski definition) is 2. The highest BCUT2D eigenvalue weighted by molar-refractivity contribution is 5.90. The number of amides is 1. The molecule has 0 aliphatic rings. The molecule has 0 spiro atoms. The number of para-hydroxylation sites is 1. The van der Waals surface area contributed by atoms with Crippen molar-refractivity contribution < 1.29 is 13.6 Å². The average Bonchev–Trinajstić information content (AvgIpc) is 2.51. The van der Waals surface area contributed by atoms with Crippen molar-refractivity contribution in [2.24, 2.45) is 0 Å². The fraction of sp³-hybridized carbons (Fsp3) is 0.235. The molecule has 0 fully saturated rings. The van der Waals surface area contributed by atoms with Crippen LogP contribution >= 0.6 is 0 Å². The van der Waals surface area contributed by atoms with E-state index in [0.29, 0.717) is 6.54 Å². The van der Waals surface area contributed by atoms with Gasteiger partial charge in [-0.15, -0.1) is 0 Å². The number of anilines is 2. The largest absolute Gasteiger partial charge is 0.384 e. The predicted molar refractivity (Wildman–Crippen MR) is 83.9 cm³/mol. The molecule has 0 heterocycles. The molecule has 2 aromatic carbocycles. The molecular formula is C17H18F2N2O. The van der Waals surface area contributed by atoms with E-state index in [1.165, 1.54) is 11.6 Å². The van der Waals surface area contributed by atoms with Crippen LogP contribution in [0, 0.1) is 11.6 Å². The van der Waals surface area contributed by atoms with Crippen LogP contribution in [0.4, 0.5) is 20.2 Å². The van der Waals surface area contributed by atoms with Crippen LogP contribution in [0.3, 0.4) is 0 Å². The maximum atomic E-state index is 13.0. The molecule has 0 atom stereocenters. The van der Waals surface area contributed by atoms with E-state index in [4.69, 9.17) is 0 Å². The second-order valence-corrected chi connectivity index (χ2v) is 4.86. The highest BCUT2D eigenvalue weighted by atomic mass is 19.2. The number of aryl methyl sites for hydroxylation is 1. The van der Waals surface area contributed by atoms with Gasteiger partial charge in [-0.05, 0) is 30.2 Å². The van der Waals surface area contributed by atoms with Crippen molar-refractivity contribution in [1.82, 2.24) is 0 Å². The van der Waals surface area contributed by atoms with Gasteiger partial charge in [0.05, 0.1) is 0 Å². The Labute approximate surface area is 128 Å². The lowest BCUT2D eigenvalue weighted by molar-refractivity contribution is -0.115. The molecule has 3 nitrogen and oxygen atoms in total. The van der Waals surface area contributed by atoms with E-state index in [2.05, 4.69) is 17.6 Å². The molecular weight excluding hydrogens is 286 g/mol. The van der Waals surface area contributed by atoms with Gasteiger partial charge in [-0.3, -0.25) is 4.79 Å². The third-order valence-electron chi connectivity index (χ3n) is 3.27. The topological polar surface area (TPSA) is 41.1 Å². The third kappa shape index (κ3) is 4.28. The third-order valence-corrected chi connectivity index (χ3v) is 3.27. The molecule has 0 unspecified atom stereocenters. The Hall–Kier alpha value is -2.43. The first-order valence-corrected chi connectivity index (χ1v) is 7.17. The second kappa shape index (κ2) is 7.54. The van der Waals surface area contributed by atoms with Crippen molar-refractivity contribution in [2.45, 2.75) is 19.8 Å². The number of halogens is 2. The first-order valence-electron chi connectivity index (χ1n) is 7.17. The maximum absolute atomic E-state index is 13.0. The lowest BCUT2D eigenvalue weighted by Crippen LogP contribution is -2.16. The van der Waals surface area contributed by atoms with Crippen LogP contribution < -0.4 is 10.6 Å². The van der Waals surface area contributed by atoms with Gasteiger partial charge in [0.2, 0.25) is 5.91 Å². The molecule has 0 radical (unpaired) electrons. The summed E-state index contributed by atoms with van der Waals surface area (Å²) in [4.78, 5) is 11.8. The van der Waals surface area contributed by atoms with E-state index >= 15 is 0 Å². The van der Waals surface area contributed by atoms with Crippen molar-refractivity contribution >= 4 is 17.3 Å². The summed E-state index contributed by atoms with van der Waals surface area (Å²) < 4.78 is 25.8. The van der Waals surface area contributed by atoms with Gasteiger partial charge < -0.3 is 10.6 Å². The monoisotopic (exact) mass is 304 g/mol. The van der Waals surface area contributed by atoms with Crippen LogP contribution in [-0.4, -0.2) is 12.5 Å². The number of rotatable bonds is 6. The van der Waals surface area contributed by atoms with Crippen LogP contribution in [0.25, 0.3) is 0 Å². The first-order chi connectivity index (χ1) is 10.6. The molecule has 0 saturated heterocycles. The van der Waals surface area contributed by atoms with Gasteiger partial charge in [0.25, 0.3) is 0 Å². The Morgan fingerprint density at radius 1 is 1.09 bits per heavy atom. The summed E-state index contributed by atoms with van der Waals surface area (Å²) >= 11 is 0. The van der Waals surface area contributed by atoms with Gasteiger partial charge in [-0.25, -0.2) is 8.78 Å². The maximum Gasteiger partial charge on any atom is 0.226 e. The Kier molecular flexibility index (Phi) is 5.47. The number of carbonyl (C=O) groups excluding carboxylic acids is 1. The molecule has 2 rings (SSSR count). The number of benzene rings is 2. The molecule has 2 N–H and O–H groups in total. The summed E-state index contributed by atoms with van der Waals surface area (Å²) in [7, 11) is 0. The Morgan fingerprint density at radius 3 is 2.59 bits per heavy atom. The summed E-state index contributed by atoms with van der Waals surface area (Å²) in [6, 6.07) is 11.2. The van der Waals surface area contributed by atoms with Crippen molar-refractivity contribution in [2.75, 3.05) is 17.2 Å². The molecule has 1 amide bonds. The molecule has 116 valence electrons. The zero-order valence-electron chi connectivity index (χ0n) is 12.3. The smallest absolute Gasteiger partial charge is 0.226 e. The fourth-order valence-electron chi connectivity index (χ4n) is 2.11. The number of nitrogens with one attached hydrogen (secondary N) is 2. The van der Waals surface area contributed by atoms with E-state index in [1.807, 2.05) is 24.3 Å². The highest BCUT2D eigenvalue weighted by Gasteiger charge is 2.06. The summed E-state index contributed by atoms with van der Waals surface area (Å²) in [5.74, 6) is -2.17. The van der Waals surface area contributed by atoms with Gasteiger partial charge in [0.15, 0.2) is 11.6 Å². The molecule has 5 heteroatoms. The van der Waals surface area contributed by atoms with E-state index in [9.17, 15) is 13.6 Å². The van der Waals surface area contributed by atoms with Crippen LogP contribution in [0.1, 0.15) is 18.9 Å². The lowest BCUT2D eigenvalue weighted by atomic mass is 10.1. The van der Waals surface area contributed by atoms with Gasteiger partial charge >= 0.3 is 0 Å². The summed E-state index contributed by atoms with van der Waals surface area (Å²) in [6.45, 7) is 2.53. The van der Waals surface area contributed by atoms with Crippen LogP contribution in [-0.2, 0) is 11.2 Å². The minimum Gasteiger partial charge on any atom is -0.384 e. The van der Waals surface area contributed by atoms with Crippen LogP contribution in [0.5, 0.6) is 0 Å². The van der Waals surface area contributed by atoms with Crippen molar-refractivity contribution in [3.05, 3.63) is 59.7 Å². The average molecular weight is 304 g/mol. The lowest BCUT2D eigenvalue weighted by Gasteiger charge is -2.11. The van der Waals surface area contributed by atoms with Gasteiger partial charge in [0.1, 0.15) is 0 Å². The van der Waals surface area contributed by atoms with E-state index in [-0.39, 0.29) is 18.0 Å². The molecule has 0 aliphatic heterocycles. The standard InChI is InChI=1S/C17H18F2N2O/c1-2-12-5-3-4-6-16(12)20-10-9-17(22)21-13-7-8-14(18)15(19)11-13/h3-8,11,20H,2,9-10H2,1H3,(H,21,22). The molecule has 2 aromatic rings. The minimum atomic E-state index is -0.979. The number of hydrogen-bond donors (Lipinski definition) is 2.